The van der Waals surface area contributed by atoms with Crippen LogP contribution in [-0.2, 0) is 6.42 Å². The number of hydrogen-bond donors (Lipinski definition) is 2. The third-order valence-electron chi connectivity index (χ3n) is 4.33. The molecule has 0 radical (unpaired) electrons. The highest BCUT2D eigenvalue weighted by molar-refractivity contribution is 5.94. The fraction of sp³-hybridized carbons (Fsp3) is 0.381. The summed E-state index contributed by atoms with van der Waals surface area (Å²) < 4.78 is 21.5. The van der Waals surface area contributed by atoms with Gasteiger partial charge in [-0.05, 0) is 30.5 Å². The van der Waals surface area contributed by atoms with Crippen LogP contribution in [-0.4, -0.2) is 48.0 Å². The van der Waals surface area contributed by atoms with Gasteiger partial charge in [0.15, 0.2) is 17.5 Å². The average Bonchev–Trinajstić information content (AvgIpc) is 2.73. The molecule has 0 fully saturated rings. The molecule has 0 amide bonds. The number of hydrogen-bond acceptors (Lipinski definition) is 5. The number of anilines is 1. The van der Waals surface area contributed by atoms with Gasteiger partial charge < -0.3 is 29.6 Å². The van der Waals surface area contributed by atoms with Crippen molar-refractivity contribution in [3.05, 3.63) is 41.5 Å². The van der Waals surface area contributed by atoms with Crippen molar-refractivity contribution in [3.63, 3.8) is 0 Å². The zero-order valence-electron chi connectivity index (χ0n) is 17.4. The van der Waals surface area contributed by atoms with Gasteiger partial charge in [0.1, 0.15) is 5.75 Å². The lowest BCUT2D eigenvalue weighted by atomic mass is 10.1. The third kappa shape index (κ3) is 5.22. The predicted molar refractivity (Wildman–Crippen MR) is 113 cm³/mol. The topological polar surface area (TPSA) is 73.3 Å². The zero-order chi connectivity index (χ0) is 20.5. The van der Waals surface area contributed by atoms with E-state index in [4.69, 9.17) is 18.9 Å². The summed E-state index contributed by atoms with van der Waals surface area (Å²) in [4.78, 5) is 4.27. The van der Waals surface area contributed by atoms with Gasteiger partial charge in [0.05, 0.1) is 28.4 Å². The fourth-order valence-electron chi connectivity index (χ4n) is 2.81. The highest BCUT2D eigenvalue weighted by Gasteiger charge is 2.14. The van der Waals surface area contributed by atoms with Crippen molar-refractivity contribution in [1.29, 1.82) is 0 Å². The van der Waals surface area contributed by atoms with Crippen LogP contribution < -0.4 is 29.6 Å². The maximum absolute atomic E-state index is 5.39. The molecule has 7 nitrogen and oxygen atoms in total. The van der Waals surface area contributed by atoms with Gasteiger partial charge >= 0.3 is 0 Å². The largest absolute Gasteiger partial charge is 0.496 e. The summed E-state index contributed by atoms with van der Waals surface area (Å²) in [6.45, 7) is 2.75. The van der Waals surface area contributed by atoms with Crippen LogP contribution >= 0.6 is 0 Å². The minimum atomic E-state index is 0.548. The molecule has 28 heavy (non-hydrogen) atoms. The maximum atomic E-state index is 5.39. The van der Waals surface area contributed by atoms with E-state index in [0.29, 0.717) is 23.2 Å². The minimum absolute atomic E-state index is 0.548. The molecule has 0 aliphatic heterocycles. The van der Waals surface area contributed by atoms with Gasteiger partial charge in [0.25, 0.3) is 0 Å². The lowest BCUT2D eigenvalue weighted by Gasteiger charge is -2.16. The summed E-state index contributed by atoms with van der Waals surface area (Å²) in [6.07, 6.45) is 0.840. The number of aryl methyl sites for hydroxylation is 1. The SMILES string of the molecule is CN=C(NCCc1ccc(C)c(OC)c1)Nc1cc(OC)c(OC)c(OC)c1. The quantitative estimate of drug-likeness (QED) is 0.535. The average molecular weight is 387 g/mol. The first-order chi connectivity index (χ1) is 13.6. The second-order valence-electron chi connectivity index (χ2n) is 6.09. The van der Waals surface area contributed by atoms with Crippen LogP contribution in [0.3, 0.4) is 0 Å². The Morgan fingerprint density at radius 1 is 0.893 bits per heavy atom. The molecule has 0 spiro atoms. The maximum Gasteiger partial charge on any atom is 0.203 e. The Morgan fingerprint density at radius 2 is 1.54 bits per heavy atom. The number of rotatable bonds is 8. The van der Waals surface area contributed by atoms with Gasteiger partial charge in [0, 0.05) is 31.4 Å². The smallest absolute Gasteiger partial charge is 0.203 e. The number of methoxy groups -OCH3 is 4. The summed E-state index contributed by atoms with van der Waals surface area (Å²) in [6, 6.07) is 9.90. The van der Waals surface area contributed by atoms with E-state index in [0.717, 1.165) is 30.0 Å². The Bertz CT molecular complexity index is 796. The van der Waals surface area contributed by atoms with Crippen LogP contribution in [0.4, 0.5) is 5.69 Å². The van der Waals surface area contributed by atoms with Crippen LogP contribution in [0.1, 0.15) is 11.1 Å². The van der Waals surface area contributed by atoms with Gasteiger partial charge in [-0.15, -0.1) is 0 Å². The Kier molecular flexibility index (Phi) is 7.80. The first-order valence-corrected chi connectivity index (χ1v) is 8.97. The van der Waals surface area contributed by atoms with Crippen molar-refractivity contribution in [2.24, 2.45) is 4.99 Å². The molecule has 152 valence electrons. The summed E-state index contributed by atoms with van der Waals surface area (Å²) in [5.74, 6) is 3.25. The Hall–Kier alpha value is -3.09. The van der Waals surface area contributed by atoms with Gasteiger partial charge in [-0.25, -0.2) is 0 Å². The molecule has 2 aromatic carbocycles. The van der Waals surface area contributed by atoms with Gasteiger partial charge in [0.2, 0.25) is 5.75 Å². The highest BCUT2D eigenvalue weighted by Crippen LogP contribution is 2.39. The van der Waals surface area contributed by atoms with E-state index in [-0.39, 0.29) is 0 Å². The van der Waals surface area contributed by atoms with Crippen molar-refractivity contribution in [1.82, 2.24) is 5.32 Å². The van der Waals surface area contributed by atoms with E-state index in [9.17, 15) is 0 Å². The zero-order valence-corrected chi connectivity index (χ0v) is 17.4. The van der Waals surface area contributed by atoms with E-state index in [1.807, 2.05) is 19.1 Å². The highest BCUT2D eigenvalue weighted by atomic mass is 16.5. The van der Waals surface area contributed by atoms with Crippen molar-refractivity contribution in [3.8, 4) is 23.0 Å². The van der Waals surface area contributed by atoms with E-state index < -0.39 is 0 Å². The van der Waals surface area contributed by atoms with E-state index in [2.05, 4.69) is 33.8 Å². The number of nitrogens with zero attached hydrogens (tertiary/aromatic N) is 1. The Labute approximate surface area is 166 Å². The molecule has 0 bridgehead atoms. The summed E-state index contributed by atoms with van der Waals surface area (Å²) in [7, 11) is 8.16. The first kappa shape index (κ1) is 21.2. The molecule has 0 unspecified atom stereocenters. The molecule has 0 atom stereocenters. The van der Waals surface area contributed by atoms with Crippen molar-refractivity contribution >= 4 is 11.6 Å². The minimum Gasteiger partial charge on any atom is -0.496 e. The number of aliphatic imine (C=N–C) groups is 1. The van der Waals surface area contributed by atoms with Crippen LogP contribution in [0.2, 0.25) is 0 Å². The van der Waals surface area contributed by atoms with E-state index in [1.165, 1.54) is 5.56 Å². The summed E-state index contributed by atoms with van der Waals surface area (Å²) in [5.41, 5.74) is 3.09. The molecule has 0 heterocycles. The van der Waals surface area contributed by atoms with Crippen LogP contribution in [0.15, 0.2) is 35.3 Å². The molecule has 2 N–H and O–H groups in total. The molecule has 0 aliphatic rings. The standard InChI is InChI=1S/C21H29N3O4/c1-14-7-8-15(11-17(14)25-3)9-10-23-21(22-2)24-16-12-18(26-4)20(28-6)19(13-16)27-5/h7-8,11-13H,9-10H2,1-6H3,(H2,22,23,24). The molecule has 0 aromatic heterocycles. The summed E-state index contributed by atoms with van der Waals surface area (Å²) in [5, 5.41) is 6.55. The molecule has 0 saturated heterocycles. The normalized spacial score (nSPS) is 11.0. The van der Waals surface area contributed by atoms with Gasteiger partial charge in [-0.3, -0.25) is 4.99 Å². The van der Waals surface area contributed by atoms with E-state index >= 15 is 0 Å². The molecule has 0 saturated carbocycles. The molecular formula is C21H29N3O4. The Balaban J connectivity index is 2.03. The number of guanidine groups is 1. The number of ether oxygens (including phenoxy) is 4. The predicted octanol–water partition coefficient (Wildman–Crippen LogP) is 3.26. The number of benzene rings is 2. The number of nitrogens with one attached hydrogen (secondary N) is 2. The molecular weight excluding hydrogens is 358 g/mol. The van der Waals surface area contributed by atoms with Crippen LogP contribution in [0.25, 0.3) is 0 Å². The lowest BCUT2D eigenvalue weighted by Crippen LogP contribution is -2.32. The second-order valence-corrected chi connectivity index (χ2v) is 6.09. The van der Waals surface area contributed by atoms with Gasteiger partial charge in [-0.1, -0.05) is 12.1 Å². The summed E-state index contributed by atoms with van der Waals surface area (Å²) >= 11 is 0. The Morgan fingerprint density at radius 3 is 2.07 bits per heavy atom. The molecule has 7 heteroatoms. The lowest BCUT2D eigenvalue weighted by molar-refractivity contribution is 0.324. The molecule has 2 rings (SSSR count). The van der Waals surface area contributed by atoms with Crippen molar-refractivity contribution in [2.45, 2.75) is 13.3 Å². The first-order valence-electron chi connectivity index (χ1n) is 8.97. The fourth-order valence-corrected chi connectivity index (χ4v) is 2.81. The molecule has 0 aliphatic carbocycles. The van der Waals surface area contributed by atoms with Crippen LogP contribution in [0.5, 0.6) is 23.0 Å². The van der Waals surface area contributed by atoms with Crippen molar-refractivity contribution < 1.29 is 18.9 Å². The third-order valence-corrected chi connectivity index (χ3v) is 4.33. The van der Waals surface area contributed by atoms with Crippen molar-refractivity contribution in [2.75, 3.05) is 47.3 Å². The molecule has 2 aromatic rings. The second kappa shape index (κ2) is 10.3. The van der Waals surface area contributed by atoms with Gasteiger partial charge in [-0.2, -0.15) is 0 Å². The van der Waals surface area contributed by atoms with Crippen LogP contribution in [0, 0.1) is 6.92 Å². The monoisotopic (exact) mass is 387 g/mol. The van der Waals surface area contributed by atoms with E-state index in [1.54, 1.807) is 35.5 Å².